The van der Waals surface area contributed by atoms with E-state index in [2.05, 4.69) is 59.0 Å². The Hall–Kier alpha value is -3.24. The summed E-state index contributed by atoms with van der Waals surface area (Å²) in [5.74, 6) is 0. The lowest BCUT2D eigenvalue weighted by Gasteiger charge is -2.20. The second-order valence-corrected chi connectivity index (χ2v) is 7.40. The van der Waals surface area contributed by atoms with Gasteiger partial charge >= 0.3 is 0 Å². The van der Waals surface area contributed by atoms with Gasteiger partial charge in [-0.05, 0) is 55.3 Å². The number of anilines is 1. The third-order valence-corrected chi connectivity index (χ3v) is 5.51. The van der Waals surface area contributed by atoms with E-state index < -0.39 is 6.10 Å². The van der Waals surface area contributed by atoms with E-state index in [0.717, 1.165) is 46.0 Å². The van der Waals surface area contributed by atoms with Gasteiger partial charge in [-0.3, -0.25) is 9.97 Å². The molecule has 30 heavy (non-hydrogen) atoms. The van der Waals surface area contributed by atoms with Gasteiger partial charge in [-0.25, -0.2) is 0 Å². The van der Waals surface area contributed by atoms with Gasteiger partial charge in [0.05, 0.1) is 17.1 Å². The lowest BCUT2D eigenvalue weighted by atomic mass is 9.99. The van der Waals surface area contributed by atoms with Crippen LogP contribution in [0.4, 0.5) is 5.69 Å². The summed E-state index contributed by atoms with van der Waals surface area (Å²) >= 11 is 0. The highest BCUT2D eigenvalue weighted by Gasteiger charge is 2.11. The fourth-order valence-corrected chi connectivity index (χ4v) is 3.92. The molecule has 1 unspecified atom stereocenters. The number of aromatic nitrogens is 2. The smallest absolute Gasteiger partial charge is 0.0967 e. The minimum absolute atomic E-state index is 0.529. The third-order valence-electron chi connectivity index (χ3n) is 5.51. The summed E-state index contributed by atoms with van der Waals surface area (Å²) in [4.78, 5) is 11.4. The van der Waals surface area contributed by atoms with Gasteiger partial charge in [0.15, 0.2) is 0 Å². The lowest BCUT2D eigenvalue weighted by Crippen LogP contribution is -2.21. The Morgan fingerprint density at radius 1 is 0.933 bits per heavy atom. The van der Waals surface area contributed by atoms with Crippen LogP contribution in [0.1, 0.15) is 25.0 Å². The molecule has 4 nitrogen and oxygen atoms in total. The molecule has 0 amide bonds. The standard InChI is InChI=1S/C26H27N3O/c1-3-29(4-2)22-12-9-19(10-13-22)11-14-23(30)18-21-17-20-7-5-15-27-25(20)26-24(21)8-6-16-28-26/h5-17,23,30H,3-4,18H2,1-2H3/b14-11+. The van der Waals surface area contributed by atoms with Gasteiger partial charge in [-0.2, -0.15) is 0 Å². The summed E-state index contributed by atoms with van der Waals surface area (Å²) in [5.41, 5.74) is 5.16. The van der Waals surface area contributed by atoms with Crippen molar-refractivity contribution in [1.29, 1.82) is 0 Å². The summed E-state index contributed by atoms with van der Waals surface area (Å²) in [5, 5.41) is 12.8. The molecule has 0 saturated carbocycles. The Labute approximate surface area is 177 Å². The molecular weight excluding hydrogens is 370 g/mol. The van der Waals surface area contributed by atoms with Gasteiger partial charge in [-0.15, -0.1) is 0 Å². The predicted molar refractivity (Wildman–Crippen MR) is 126 cm³/mol. The minimum atomic E-state index is -0.579. The predicted octanol–water partition coefficient (Wildman–Crippen LogP) is 5.25. The fourth-order valence-electron chi connectivity index (χ4n) is 3.92. The third kappa shape index (κ3) is 4.19. The summed E-state index contributed by atoms with van der Waals surface area (Å²) in [6.07, 6.45) is 7.38. The van der Waals surface area contributed by atoms with Crippen molar-refractivity contribution in [2.75, 3.05) is 18.0 Å². The Balaban J connectivity index is 1.55. The average Bonchev–Trinajstić information content (AvgIpc) is 2.79. The van der Waals surface area contributed by atoms with Gasteiger partial charge in [0.1, 0.15) is 0 Å². The number of aliphatic hydroxyl groups excluding tert-OH is 1. The molecule has 2 aromatic heterocycles. The maximum Gasteiger partial charge on any atom is 0.0967 e. The molecule has 0 aliphatic heterocycles. The zero-order valence-electron chi connectivity index (χ0n) is 17.5. The van der Waals surface area contributed by atoms with E-state index in [-0.39, 0.29) is 0 Å². The number of hydrogen-bond acceptors (Lipinski definition) is 4. The molecule has 152 valence electrons. The van der Waals surface area contributed by atoms with Crippen molar-refractivity contribution in [3.63, 3.8) is 0 Å². The number of nitrogens with zero attached hydrogens (tertiary/aromatic N) is 3. The van der Waals surface area contributed by atoms with Crippen molar-refractivity contribution in [1.82, 2.24) is 9.97 Å². The van der Waals surface area contributed by atoms with E-state index in [1.807, 2.05) is 36.4 Å². The fraction of sp³-hybridized carbons (Fsp3) is 0.231. The summed E-state index contributed by atoms with van der Waals surface area (Å²) < 4.78 is 0. The maximum atomic E-state index is 10.7. The molecule has 4 rings (SSSR count). The van der Waals surface area contributed by atoms with Crippen LogP contribution in [0.3, 0.4) is 0 Å². The molecule has 0 aliphatic carbocycles. The molecule has 4 heteroatoms. The number of aliphatic hydroxyl groups is 1. The van der Waals surface area contributed by atoms with Gasteiger partial charge < -0.3 is 10.0 Å². The number of rotatable bonds is 7. The van der Waals surface area contributed by atoms with Crippen LogP contribution in [0.2, 0.25) is 0 Å². The van der Waals surface area contributed by atoms with Crippen LogP contribution in [0, 0.1) is 0 Å². The van der Waals surface area contributed by atoms with Crippen LogP contribution >= 0.6 is 0 Å². The van der Waals surface area contributed by atoms with Crippen LogP contribution in [-0.4, -0.2) is 34.3 Å². The Morgan fingerprint density at radius 3 is 2.37 bits per heavy atom. The number of fused-ring (bicyclic) bond motifs is 3. The zero-order chi connectivity index (χ0) is 20.9. The van der Waals surface area contributed by atoms with E-state index in [9.17, 15) is 5.11 Å². The highest BCUT2D eigenvalue weighted by atomic mass is 16.3. The first-order valence-corrected chi connectivity index (χ1v) is 10.5. The molecule has 4 aromatic rings. The highest BCUT2D eigenvalue weighted by molar-refractivity contribution is 6.04. The first kappa shape index (κ1) is 20.0. The number of pyridine rings is 2. The average molecular weight is 398 g/mol. The van der Waals surface area contributed by atoms with E-state index in [0.29, 0.717) is 6.42 Å². The normalized spacial score (nSPS) is 12.6. The summed E-state index contributed by atoms with van der Waals surface area (Å²) in [6, 6.07) is 18.5. The molecular formula is C26H27N3O. The molecule has 0 bridgehead atoms. The van der Waals surface area contributed by atoms with Crippen molar-refractivity contribution < 1.29 is 5.11 Å². The quantitative estimate of drug-likeness (QED) is 0.433. The van der Waals surface area contributed by atoms with Crippen LogP contribution < -0.4 is 4.90 Å². The van der Waals surface area contributed by atoms with Gasteiger partial charge in [-0.1, -0.05) is 36.4 Å². The lowest BCUT2D eigenvalue weighted by molar-refractivity contribution is 0.225. The maximum absolute atomic E-state index is 10.7. The molecule has 2 aromatic carbocycles. The van der Waals surface area contributed by atoms with Crippen molar-refractivity contribution in [3.05, 3.63) is 84.2 Å². The van der Waals surface area contributed by atoms with Gasteiger partial charge in [0.25, 0.3) is 0 Å². The van der Waals surface area contributed by atoms with E-state index in [1.54, 1.807) is 12.4 Å². The Bertz CT molecular complexity index is 1160. The van der Waals surface area contributed by atoms with Crippen molar-refractivity contribution >= 4 is 33.6 Å². The highest BCUT2D eigenvalue weighted by Crippen LogP contribution is 2.26. The molecule has 2 heterocycles. The van der Waals surface area contributed by atoms with E-state index >= 15 is 0 Å². The number of hydrogen-bond donors (Lipinski definition) is 1. The summed E-state index contributed by atoms with van der Waals surface area (Å²) in [7, 11) is 0. The Kier molecular flexibility index (Phi) is 6.05. The van der Waals surface area contributed by atoms with Gasteiger partial charge in [0, 0.05) is 48.4 Å². The first-order chi connectivity index (χ1) is 14.7. The van der Waals surface area contributed by atoms with Crippen LogP contribution in [0.15, 0.2) is 73.1 Å². The largest absolute Gasteiger partial charge is 0.389 e. The van der Waals surface area contributed by atoms with Crippen LogP contribution in [0.25, 0.3) is 27.9 Å². The minimum Gasteiger partial charge on any atom is -0.389 e. The van der Waals surface area contributed by atoms with Crippen LogP contribution in [-0.2, 0) is 6.42 Å². The molecule has 0 aliphatic rings. The van der Waals surface area contributed by atoms with Crippen molar-refractivity contribution in [2.45, 2.75) is 26.4 Å². The second kappa shape index (κ2) is 9.06. The molecule has 1 N–H and O–H groups in total. The topological polar surface area (TPSA) is 49.2 Å². The molecule has 0 fully saturated rings. The molecule has 0 saturated heterocycles. The van der Waals surface area contributed by atoms with Crippen molar-refractivity contribution in [2.24, 2.45) is 0 Å². The summed E-state index contributed by atoms with van der Waals surface area (Å²) in [6.45, 7) is 6.31. The SMILES string of the molecule is CCN(CC)c1ccc(/C=C/C(O)Cc2cc3cccnc3c3ncccc23)cc1. The van der Waals surface area contributed by atoms with Gasteiger partial charge in [0.2, 0.25) is 0 Å². The molecule has 0 spiro atoms. The molecule has 1 atom stereocenters. The van der Waals surface area contributed by atoms with Crippen LogP contribution in [0.5, 0.6) is 0 Å². The second-order valence-electron chi connectivity index (χ2n) is 7.40. The van der Waals surface area contributed by atoms with Crippen molar-refractivity contribution in [3.8, 4) is 0 Å². The Morgan fingerprint density at radius 2 is 1.63 bits per heavy atom. The van der Waals surface area contributed by atoms with E-state index in [1.165, 1.54) is 5.69 Å². The number of benzene rings is 2. The molecule has 0 radical (unpaired) electrons. The van der Waals surface area contributed by atoms with E-state index in [4.69, 9.17) is 0 Å². The zero-order valence-corrected chi connectivity index (χ0v) is 17.5. The monoisotopic (exact) mass is 397 g/mol. The first-order valence-electron chi connectivity index (χ1n) is 10.5.